The molecule has 42 heavy (non-hydrogen) atoms. The van der Waals surface area contributed by atoms with E-state index in [1.165, 1.54) is 38.4 Å². The summed E-state index contributed by atoms with van der Waals surface area (Å²) in [6.45, 7) is 2.07. The molecule has 0 radical (unpaired) electrons. The monoisotopic (exact) mass is 652 g/mol. The third-order valence-corrected chi connectivity index (χ3v) is 10.1. The zero-order valence-electron chi connectivity index (χ0n) is 22.9. The van der Waals surface area contributed by atoms with Crippen molar-refractivity contribution in [2.24, 2.45) is 0 Å². The Bertz CT molecular complexity index is 1860. The minimum Gasteiger partial charge on any atom is -0.466 e. The van der Waals surface area contributed by atoms with E-state index in [2.05, 4.69) is 70.5 Å². The first-order chi connectivity index (χ1) is 20.5. The molecule has 0 atom stereocenters. The molecule has 0 amide bonds. The van der Waals surface area contributed by atoms with Crippen LogP contribution in [0.1, 0.15) is 33.3 Å². The molecule has 6 rings (SSSR count). The van der Waals surface area contributed by atoms with Gasteiger partial charge in [-0.1, -0.05) is 70.5 Å². The first-order valence-electron chi connectivity index (χ1n) is 13.6. The van der Waals surface area contributed by atoms with Crippen molar-refractivity contribution in [2.45, 2.75) is 23.3 Å². The molecule has 2 heterocycles. The van der Waals surface area contributed by atoms with Crippen LogP contribution in [0.15, 0.2) is 118 Å². The van der Waals surface area contributed by atoms with E-state index in [4.69, 9.17) is 4.74 Å². The second kappa shape index (κ2) is 12.6. The lowest BCUT2D eigenvalue weighted by Crippen LogP contribution is -2.31. The molecule has 0 N–H and O–H groups in total. The number of carbonyl (C=O) groups excluding carboxylic acids is 2. The van der Waals surface area contributed by atoms with Crippen molar-refractivity contribution in [1.82, 2.24) is 0 Å². The quantitative estimate of drug-likeness (QED) is 0.0515. The molecular weight excluding hydrogens is 626 g/mol. The molecule has 0 saturated carbocycles. The number of pyridine rings is 1. The summed E-state index contributed by atoms with van der Waals surface area (Å²) < 4.78 is 9.24. The molecule has 4 aromatic carbocycles. The molecule has 0 saturated heterocycles. The summed E-state index contributed by atoms with van der Waals surface area (Å²) >= 11 is 6.61. The van der Waals surface area contributed by atoms with Gasteiger partial charge in [-0.3, -0.25) is 9.59 Å². The van der Waals surface area contributed by atoms with Gasteiger partial charge in [0.15, 0.2) is 12.4 Å². The Hall–Kier alpha value is -3.78. The molecule has 0 aliphatic heterocycles. The molecule has 6 aromatic rings. The largest absolute Gasteiger partial charge is 0.466 e. The summed E-state index contributed by atoms with van der Waals surface area (Å²) in [4.78, 5) is 27.4. The molecule has 0 aliphatic rings. The topological polar surface area (TPSA) is 47.3 Å². The molecule has 2 aromatic heterocycles. The van der Waals surface area contributed by atoms with Crippen molar-refractivity contribution in [2.75, 3.05) is 6.61 Å². The maximum atomic E-state index is 14.0. The van der Waals surface area contributed by atoms with Crippen molar-refractivity contribution in [3.8, 4) is 5.69 Å². The van der Waals surface area contributed by atoms with Crippen molar-refractivity contribution in [3.63, 3.8) is 0 Å². The Kier molecular flexibility index (Phi) is 8.51. The Morgan fingerprint density at radius 1 is 0.833 bits per heavy atom. The number of esters is 1. The van der Waals surface area contributed by atoms with Gasteiger partial charge < -0.3 is 4.74 Å². The normalized spacial score (nSPS) is 11.2. The molecule has 7 heteroatoms. The Morgan fingerprint density at radius 3 is 2.12 bits per heavy atom. The van der Waals surface area contributed by atoms with Gasteiger partial charge >= 0.3 is 5.97 Å². The highest BCUT2D eigenvalue weighted by Crippen LogP contribution is 2.42. The number of fused-ring (bicyclic) bond motifs is 2. The molecule has 0 unspecified atom stereocenters. The number of thiophene rings is 1. The second-order valence-corrected chi connectivity index (χ2v) is 12.9. The van der Waals surface area contributed by atoms with Crippen LogP contribution in [0, 0.1) is 0 Å². The third-order valence-electron chi connectivity index (χ3n) is 7.09. The van der Waals surface area contributed by atoms with E-state index in [1.807, 2.05) is 59.4 Å². The zero-order chi connectivity index (χ0) is 29.1. The molecular formula is C35H27BrNO3S2+. The standard InChI is InChI=1S/C35H27BrNO3S2/c1-2-40-31(38)21-29-32(37-18-8-3-9-19-37)35(42-34(29)33(39)23-14-16-26(36)17-15-23)41-22-30-27-12-6-4-10-24(27)20-25-11-5-7-13-28(25)30/h3-20H,2,21-22H2,1H3/q+1. The smallest absolute Gasteiger partial charge is 0.310 e. The highest BCUT2D eigenvalue weighted by Gasteiger charge is 2.32. The number of benzene rings is 4. The number of aromatic nitrogens is 1. The second-order valence-electron chi connectivity index (χ2n) is 9.73. The van der Waals surface area contributed by atoms with Crippen LogP contribution in [-0.2, 0) is 21.7 Å². The van der Waals surface area contributed by atoms with Crippen molar-refractivity contribution >= 4 is 72.3 Å². The highest BCUT2D eigenvalue weighted by molar-refractivity contribution is 9.10. The Morgan fingerprint density at radius 2 is 1.48 bits per heavy atom. The molecule has 0 aliphatic carbocycles. The van der Waals surface area contributed by atoms with Crippen LogP contribution < -0.4 is 4.57 Å². The van der Waals surface area contributed by atoms with E-state index in [0.29, 0.717) is 21.8 Å². The van der Waals surface area contributed by atoms with Crippen LogP contribution in [-0.4, -0.2) is 18.4 Å². The fraction of sp³-hybridized carbons (Fsp3) is 0.114. The minimum atomic E-state index is -0.352. The minimum absolute atomic E-state index is 0.0108. The average Bonchev–Trinajstić information content (AvgIpc) is 3.37. The highest BCUT2D eigenvalue weighted by atomic mass is 79.9. The lowest BCUT2D eigenvalue weighted by atomic mass is 9.98. The fourth-order valence-corrected chi connectivity index (χ4v) is 8.07. The molecule has 0 spiro atoms. The van der Waals surface area contributed by atoms with Gasteiger partial charge in [0, 0.05) is 27.9 Å². The first-order valence-corrected chi connectivity index (χ1v) is 16.2. The van der Waals surface area contributed by atoms with Crippen LogP contribution in [0.5, 0.6) is 0 Å². The van der Waals surface area contributed by atoms with Gasteiger partial charge in [0.2, 0.25) is 11.5 Å². The first kappa shape index (κ1) is 28.3. The van der Waals surface area contributed by atoms with Crippen LogP contribution in [0.3, 0.4) is 0 Å². The van der Waals surface area contributed by atoms with E-state index >= 15 is 0 Å². The molecule has 0 bridgehead atoms. The lowest BCUT2D eigenvalue weighted by Gasteiger charge is -2.11. The zero-order valence-corrected chi connectivity index (χ0v) is 26.1. The SMILES string of the molecule is CCOC(=O)Cc1c(C(=O)c2ccc(Br)cc2)sc(SCc2c3ccccc3cc3ccccc23)c1-[n+]1ccccc1. The summed E-state index contributed by atoms with van der Waals surface area (Å²) in [5.74, 6) is 0.245. The summed E-state index contributed by atoms with van der Waals surface area (Å²) in [7, 11) is 0. The van der Waals surface area contributed by atoms with Gasteiger partial charge in [0.1, 0.15) is 4.21 Å². The number of thioether (sulfide) groups is 1. The summed E-state index contributed by atoms with van der Waals surface area (Å²) in [5, 5.41) is 4.83. The van der Waals surface area contributed by atoms with Crippen molar-refractivity contribution in [3.05, 3.63) is 135 Å². The predicted octanol–water partition coefficient (Wildman–Crippen LogP) is 8.72. The van der Waals surface area contributed by atoms with E-state index in [1.54, 1.807) is 18.7 Å². The third kappa shape index (κ3) is 5.77. The van der Waals surface area contributed by atoms with Crippen LogP contribution in [0.4, 0.5) is 0 Å². The maximum absolute atomic E-state index is 14.0. The number of nitrogens with zero attached hydrogens (tertiary/aromatic N) is 1. The number of ether oxygens (including phenoxy) is 1. The maximum Gasteiger partial charge on any atom is 0.310 e. The number of halogens is 1. The van der Waals surface area contributed by atoms with Crippen LogP contribution in [0.25, 0.3) is 27.2 Å². The summed E-state index contributed by atoms with van der Waals surface area (Å²) in [6.07, 6.45) is 3.93. The number of ketones is 1. The van der Waals surface area contributed by atoms with Gasteiger partial charge in [-0.2, -0.15) is 4.57 Å². The van der Waals surface area contributed by atoms with Gasteiger partial charge in [-0.05, 0) is 64.4 Å². The summed E-state index contributed by atoms with van der Waals surface area (Å²) in [5.41, 5.74) is 3.36. The van der Waals surface area contributed by atoms with Gasteiger partial charge in [-0.15, -0.1) is 23.1 Å². The Labute approximate surface area is 261 Å². The average molecular weight is 654 g/mol. The van der Waals surface area contributed by atoms with Gasteiger partial charge in [0.25, 0.3) is 0 Å². The molecule has 0 fully saturated rings. The van der Waals surface area contributed by atoms with E-state index in [-0.39, 0.29) is 24.8 Å². The number of hydrogen-bond acceptors (Lipinski definition) is 5. The van der Waals surface area contributed by atoms with Gasteiger partial charge in [0.05, 0.1) is 23.5 Å². The van der Waals surface area contributed by atoms with E-state index in [9.17, 15) is 9.59 Å². The number of rotatable bonds is 9. The summed E-state index contributed by atoms with van der Waals surface area (Å²) in [6, 6.07) is 32.4. The lowest BCUT2D eigenvalue weighted by molar-refractivity contribution is -0.598. The molecule has 208 valence electrons. The molecule has 4 nitrogen and oxygen atoms in total. The Balaban J connectivity index is 1.50. The van der Waals surface area contributed by atoms with Crippen molar-refractivity contribution in [1.29, 1.82) is 0 Å². The van der Waals surface area contributed by atoms with Crippen LogP contribution >= 0.6 is 39.0 Å². The van der Waals surface area contributed by atoms with E-state index < -0.39 is 0 Å². The van der Waals surface area contributed by atoms with Gasteiger partial charge in [-0.25, -0.2) is 0 Å². The number of carbonyl (C=O) groups is 2. The predicted molar refractivity (Wildman–Crippen MR) is 175 cm³/mol. The van der Waals surface area contributed by atoms with Crippen LogP contribution in [0.2, 0.25) is 0 Å². The van der Waals surface area contributed by atoms with Crippen molar-refractivity contribution < 1.29 is 18.9 Å². The van der Waals surface area contributed by atoms with E-state index in [0.717, 1.165) is 14.4 Å². The number of hydrogen-bond donors (Lipinski definition) is 0. The fourth-order valence-electron chi connectivity index (χ4n) is 5.18.